The number of benzene rings is 1. The summed E-state index contributed by atoms with van der Waals surface area (Å²) in [6.07, 6.45) is 9.46. The van der Waals surface area contributed by atoms with Gasteiger partial charge in [0, 0.05) is 19.8 Å². The molecule has 0 spiro atoms. The minimum atomic E-state index is -0.811. The van der Waals surface area contributed by atoms with Crippen LogP contribution >= 0.6 is 0 Å². The summed E-state index contributed by atoms with van der Waals surface area (Å²) in [5, 5.41) is 0. The van der Waals surface area contributed by atoms with Crippen molar-refractivity contribution in [3.05, 3.63) is 29.3 Å². The first-order valence-electron chi connectivity index (χ1n) is 15.7. The molecule has 1 aliphatic heterocycles. The van der Waals surface area contributed by atoms with Crippen LogP contribution in [0.1, 0.15) is 89.2 Å². The second-order valence-electron chi connectivity index (χ2n) is 12.0. The summed E-state index contributed by atoms with van der Waals surface area (Å²) in [6.45, 7) is 3.49. The van der Waals surface area contributed by atoms with Gasteiger partial charge in [0.25, 0.3) is 0 Å². The second kappa shape index (κ2) is 15.7. The summed E-state index contributed by atoms with van der Waals surface area (Å²) in [7, 11) is 2.70. The summed E-state index contributed by atoms with van der Waals surface area (Å²) in [4.78, 5) is 35.6. The van der Waals surface area contributed by atoms with Crippen LogP contribution in [0.2, 0.25) is 0 Å². The molecule has 7 unspecified atom stereocenters. The lowest BCUT2D eigenvalue weighted by Crippen LogP contribution is -2.44. The first-order valence-corrected chi connectivity index (χ1v) is 15.7. The quantitative estimate of drug-likeness (QED) is 0.162. The molecule has 0 aromatic heterocycles. The predicted octanol–water partition coefficient (Wildman–Crippen LogP) is 5.33. The Labute approximate surface area is 249 Å². The number of hydrogen-bond acceptors (Lipinski definition) is 9. The number of methoxy groups -OCH3 is 2. The normalized spacial score (nSPS) is 27.3. The number of fused-ring (bicyclic) bond motifs is 2. The van der Waals surface area contributed by atoms with Gasteiger partial charge in [0.2, 0.25) is 0 Å². The van der Waals surface area contributed by atoms with Crippen molar-refractivity contribution in [2.24, 2.45) is 17.8 Å². The van der Waals surface area contributed by atoms with Crippen LogP contribution in [-0.2, 0) is 50.9 Å². The molecule has 42 heavy (non-hydrogen) atoms. The Morgan fingerprint density at radius 1 is 1.02 bits per heavy atom. The minimum Gasteiger partial charge on any atom is -0.482 e. The molecule has 1 aromatic carbocycles. The van der Waals surface area contributed by atoms with Gasteiger partial charge in [-0.25, -0.2) is 9.59 Å². The van der Waals surface area contributed by atoms with Crippen LogP contribution in [0.4, 0.5) is 0 Å². The second-order valence-corrected chi connectivity index (χ2v) is 12.0. The van der Waals surface area contributed by atoms with Crippen molar-refractivity contribution < 1.29 is 42.8 Å². The van der Waals surface area contributed by atoms with Gasteiger partial charge in [-0.3, -0.25) is 4.79 Å². The Hall–Kier alpha value is -2.65. The Kier molecular flexibility index (Phi) is 12.1. The average molecular weight is 589 g/mol. The van der Waals surface area contributed by atoms with E-state index in [0.717, 1.165) is 57.1 Å². The number of rotatable bonds is 14. The van der Waals surface area contributed by atoms with Crippen molar-refractivity contribution in [1.29, 1.82) is 0 Å². The third-order valence-corrected chi connectivity index (χ3v) is 9.22. The van der Waals surface area contributed by atoms with Crippen LogP contribution in [0.25, 0.3) is 0 Å². The minimum absolute atomic E-state index is 0.00387. The van der Waals surface area contributed by atoms with E-state index in [2.05, 4.69) is 13.0 Å². The molecule has 234 valence electrons. The molecule has 2 fully saturated rings. The van der Waals surface area contributed by atoms with E-state index in [4.69, 9.17) is 28.4 Å². The van der Waals surface area contributed by atoms with E-state index < -0.39 is 24.5 Å². The highest BCUT2D eigenvalue weighted by Crippen LogP contribution is 2.48. The fourth-order valence-electron chi connectivity index (χ4n) is 7.13. The number of carbonyl (C=O) groups is 3. The summed E-state index contributed by atoms with van der Waals surface area (Å²) >= 11 is 0. The number of unbranched alkanes of at least 4 members (excludes halogenated alkanes) is 2. The number of ether oxygens (including phenoxy) is 6. The van der Waals surface area contributed by atoms with Gasteiger partial charge in [-0.15, -0.1) is 0 Å². The molecule has 0 N–H and O–H groups in total. The topological polar surface area (TPSA) is 107 Å². The zero-order chi connectivity index (χ0) is 30.1. The van der Waals surface area contributed by atoms with Crippen LogP contribution in [0.5, 0.6) is 5.75 Å². The highest BCUT2D eigenvalue weighted by atomic mass is 16.7. The standard InChI is InChI=1S/C33H48O9/c1-5-6-7-10-25(41-32-19-26(40-21(2)34)18-30(42-32)33(36)38-4)15-14-22-12-13-24-17-28-23(16-27(22)24)9-8-11-29(28)39-20-31(35)37-3/h8-9,11,22,24-27,30,32H,5-7,10,12-20H2,1-4H3. The Morgan fingerprint density at radius 2 is 1.86 bits per heavy atom. The Balaban J connectivity index is 1.38. The van der Waals surface area contributed by atoms with Gasteiger partial charge in [-0.2, -0.15) is 0 Å². The van der Waals surface area contributed by atoms with E-state index in [1.54, 1.807) is 0 Å². The Bertz CT molecular complexity index is 1060. The Morgan fingerprint density at radius 3 is 2.60 bits per heavy atom. The molecule has 9 nitrogen and oxygen atoms in total. The molecule has 0 radical (unpaired) electrons. The van der Waals surface area contributed by atoms with E-state index >= 15 is 0 Å². The predicted molar refractivity (Wildman–Crippen MR) is 155 cm³/mol. The fraction of sp³-hybridized carbons (Fsp3) is 0.727. The van der Waals surface area contributed by atoms with Crippen molar-refractivity contribution in [3.8, 4) is 5.75 Å². The average Bonchev–Trinajstić information content (AvgIpc) is 3.38. The first kappa shape index (κ1) is 32.3. The molecule has 4 rings (SSSR count). The van der Waals surface area contributed by atoms with E-state index in [1.807, 2.05) is 12.1 Å². The van der Waals surface area contributed by atoms with Gasteiger partial charge in [0.05, 0.1) is 20.3 Å². The van der Waals surface area contributed by atoms with Crippen LogP contribution in [0.3, 0.4) is 0 Å². The van der Waals surface area contributed by atoms with Crippen LogP contribution in [-0.4, -0.2) is 63.3 Å². The summed E-state index contributed by atoms with van der Waals surface area (Å²) < 4.78 is 33.5. The van der Waals surface area contributed by atoms with E-state index in [9.17, 15) is 14.4 Å². The number of carbonyl (C=O) groups excluding carboxylic acids is 3. The van der Waals surface area contributed by atoms with Gasteiger partial charge >= 0.3 is 17.9 Å². The molecule has 9 heteroatoms. The first-order chi connectivity index (χ1) is 20.3. The maximum atomic E-state index is 12.3. The molecular weight excluding hydrogens is 540 g/mol. The van der Waals surface area contributed by atoms with Gasteiger partial charge < -0.3 is 28.4 Å². The maximum absolute atomic E-state index is 12.3. The number of hydrogen-bond donors (Lipinski definition) is 0. The highest BCUT2D eigenvalue weighted by Gasteiger charge is 2.41. The van der Waals surface area contributed by atoms with Crippen LogP contribution in [0.15, 0.2) is 18.2 Å². The fourth-order valence-corrected chi connectivity index (χ4v) is 7.13. The molecule has 3 aliphatic rings. The monoisotopic (exact) mass is 588 g/mol. The van der Waals surface area contributed by atoms with Crippen molar-refractivity contribution in [1.82, 2.24) is 0 Å². The molecule has 1 heterocycles. The highest BCUT2D eigenvalue weighted by molar-refractivity contribution is 5.75. The van der Waals surface area contributed by atoms with Crippen molar-refractivity contribution >= 4 is 17.9 Å². The van der Waals surface area contributed by atoms with Crippen LogP contribution < -0.4 is 4.74 Å². The lowest BCUT2D eigenvalue weighted by atomic mass is 9.73. The van der Waals surface area contributed by atoms with Gasteiger partial charge in [0.15, 0.2) is 19.0 Å². The van der Waals surface area contributed by atoms with E-state index in [-0.39, 0.29) is 31.1 Å². The maximum Gasteiger partial charge on any atom is 0.343 e. The molecule has 0 bridgehead atoms. The molecule has 0 amide bonds. The third-order valence-electron chi connectivity index (χ3n) is 9.22. The lowest BCUT2D eigenvalue weighted by molar-refractivity contribution is -0.242. The zero-order valence-corrected chi connectivity index (χ0v) is 25.6. The molecule has 1 saturated carbocycles. The van der Waals surface area contributed by atoms with Crippen molar-refractivity contribution in [2.75, 3.05) is 20.8 Å². The SMILES string of the molecule is CCCCCC(CCC1CCC2Cc3c(cccc3OCC(=O)OC)CC12)OC1CC(OC(C)=O)CC(C(=O)OC)O1. The van der Waals surface area contributed by atoms with Gasteiger partial charge in [-0.05, 0) is 79.9 Å². The largest absolute Gasteiger partial charge is 0.482 e. The summed E-state index contributed by atoms with van der Waals surface area (Å²) in [5.41, 5.74) is 2.56. The summed E-state index contributed by atoms with van der Waals surface area (Å²) in [5.74, 6) is 1.41. The molecule has 7 atom stereocenters. The van der Waals surface area contributed by atoms with Crippen molar-refractivity contribution in [3.63, 3.8) is 0 Å². The van der Waals surface area contributed by atoms with Gasteiger partial charge in [-0.1, -0.05) is 38.3 Å². The van der Waals surface area contributed by atoms with E-state index in [0.29, 0.717) is 24.2 Å². The molecular formula is C33H48O9. The van der Waals surface area contributed by atoms with Crippen LogP contribution in [0, 0.1) is 17.8 Å². The number of esters is 3. The van der Waals surface area contributed by atoms with Gasteiger partial charge in [0.1, 0.15) is 11.9 Å². The zero-order valence-electron chi connectivity index (χ0n) is 25.6. The smallest absolute Gasteiger partial charge is 0.343 e. The molecule has 1 saturated heterocycles. The van der Waals surface area contributed by atoms with Crippen molar-refractivity contribution in [2.45, 2.75) is 115 Å². The van der Waals surface area contributed by atoms with E-state index in [1.165, 1.54) is 45.1 Å². The molecule has 1 aromatic rings. The lowest BCUT2D eigenvalue weighted by Gasteiger charge is -2.36. The summed E-state index contributed by atoms with van der Waals surface area (Å²) in [6, 6.07) is 6.17. The molecule has 2 aliphatic carbocycles. The third kappa shape index (κ3) is 8.69.